The maximum Gasteiger partial charge on any atom is 0.145 e. The number of ether oxygens (including phenoxy) is 1. The average Bonchev–Trinajstić information content (AvgIpc) is 2.37. The Labute approximate surface area is 114 Å². The molecule has 0 unspecified atom stereocenters. The Balaban J connectivity index is 2.55. The molecule has 2 rings (SSSR count). The van der Waals surface area contributed by atoms with Crippen molar-refractivity contribution in [1.82, 2.24) is 0 Å². The van der Waals surface area contributed by atoms with Crippen molar-refractivity contribution in [2.24, 2.45) is 0 Å². The van der Waals surface area contributed by atoms with Crippen molar-refractivity contribution >= 4 is 17.1 Å². The molecule has 19 heavy (non-hydrogen) atoms. The highest BCUT2D eigenvalue weighted by molar-refractivity contribution is 5.78. The molecule has 3 nitrogen and oxygen atoms in total. The fourth-order valence-electron chi connectivity index (χ4n) is 2.37. The monoisotopic (exact) mass is 256 g/mol. The van der Waals surface area contributed by atoms with E-state index in [9.17, 15) is 0 Å². The van der Waals surface area contributed by atoms with Crippen LogP contribution in [0.2, 0.25) is 0 Å². The molecular formula is C16H20N2O. The van der Waals surface area contributed by atoms with Crippen LogP contribution in [0.5, 0.6) is 5.75 Å². The second-order valence-corrected chi connectivity index (χ2v) is 4.75. The molecule has 3 heteroatoms. The average molecular weight is 256 g/mol. The minimum atomic E-state index is 0.756. The summed E-state index contributed by atoms with van der Waals surface area (Å²) in [5.41, 5.74) is 11.1. The predicted octanol–water partition coefficient (Wildman–Crippen LogP) is 3.66. The molecule has 0 aromatic heterocycles. The highest BCUT2D eigenvalue weighted by Crippen LogP contribution is 2.37. The summed E-state index contributed by atoms with van der Waals surface area (Å²) in [6.45, 7) is 4.13. The van der Waals surface area contributed by atoms with E-state index in [1.54, 1.807) is 7.11 Å². The topological polar surface area (TPSA) is 38.5 Å². The lowest BCUT2D eigenvalue weighted by molar-refractivity contribution is 0.412. The third kappa shape index (κ3) is 2.50. The molecule has 100 valence electrons. The maximum absolute atomic E-state index is 6.04. The van der Waals surface area contributed by atoms with Crippen LogP contribution in [0, 0.1) is 13.8 Å². The fourth-order valence-corrected chi connectivity index (χ4v) is 2.37. The molecule has 0 spiro atoms. The van der Waals surface area contributed by atoms with Crippen LogP contribution >= 0.6 is 0 Å². The molecule has 2 N–H and O–H groups in total. The molecule has 0 bridgehead atoms. The largest absolute Gasteiger partial charge is 0.494 e. The van der Waals surface area contributed by atoms with E-state index in [-0.39, 0.29) is 0 Å². The third-order valence-corrected chi connectivity index (χ3v) is 3.26. The second-order valence-electron chi connectivity index (χ2n) is 4.75. The fraction of sp³-hybridized carbons (Fsp3) is 0.250. The first kappa shape index (κ1) is 13.3. The van der Waals surface area contributed by atoms with Gasteiger partial charge < -0.3 is 15.4 Å². The SMILES string of the molecule is COc1c(C)cc(C)cc1N(C)c1ccccc1N. The van der Waals surface area contributed by atoms with Crippen molar-refractivity contribution in [3.05, 3.63) is 47.5 Å². The van der Waals surface area contributed by atoms with Crippen LogP contribution in [0.25, 0.3) is 0 Å². The molecule has 2 aromatic rings. The lowest BCUT2D eigenvalue weighted by Crippen LogP contribution is -2.13. The number of methoxy groups -OCH3 is 1. The molecule has 0 fully saturated rings. The van der Waals surface area contributed by atoms with Gasteiger partial charge >= 0.3 is 0 Å². The maximum atomic E-state index is 6.04. The minimum absolute atomic E-state index is 0.756. The summed E-state index contributed by atoms with van der Waals surface area (Å²) in [4.78, 5) is 2.06. The lowest BCUT2D eigenvalue weighted by atomic mass is 10.1. The number of nitrogen functional groups attached to an aromatic ring is 1. The molecular weight excluding hydrogens is 236 g/mol. The van der Waals surface area contributed by atoms with Gasteiger partial charge in [0.05, 0.1) is 24.2 Å². The predicted molar refractivity (Wildman–Crippen MR) is 81.4 cm³/mol. The van der Waals surface area contributed by atoms with E-state index >= 15 is 0 Å². The first-order valence-electron chi connectivity index (χ1n) is 6.28. The van der Waals surface area contributed by atoms with Gasteiger partial charge in [0.2, 0.25) is 0 Å². The number of hydrogen-bond donors (Lipinski definition) is 1. The van der Waals surface area contributed by atoms with Crippen molar-refractivity contribution in [3.8, 4) is 5.75 Å². The smallest absolute Gasteiger partial charge is 0.145 e. The quantitative estimate of drug-likeness (QED) is 0.852. The summed E-state index contributed by atoms with van der Waals surface area (Å²) < 4.78 is 5.53. The highest BCUT2D eigenvalue weighted by Gasteiger charge is 2.14. The van der Waals surface area contributed by atoms with Gasteiger partial charge in [0, 0.05) is 7.05 Å². The van der Waals surface area contributed by atoms with Gasteiger partial charge in [-0.1, -0.05) is 18.2 Å². The van der Waals surface area contributed by atoms with Crippen LogP contribution in [0.1, 0.15) is 11.1 Å². The Morgan fingerprint density at radius 1 is 1.05 bits per heavy atom. The molecule has 0 saturated carbocycles. The number of aryl methyl sites for hydroxylation is 2. The van der Waals surface area contributed by atoms with E-state index < -0.39 is 0 Å². The zero-order valence-electron chi connectivity index (χ0n) is 11.9. The molecule has 0 aliphatic carbocycles. The zero-order chi connectivity index (χ0) is 14.0. The lowest BCUT2D eigenvalue weighted by Gasteiger charge is -2.24. The minimum Gasteiger partial charge on any atom is -0.494 e. The van der Waals surface area contributed by atoms with Gasteiger partial charge in [-0.15, -0.1) is 0 Å². The van der Waals surface area contributed by atoms with Crippen molar-refractivity contribution in [2.75, 3.05) is 24.8 Å². The van der Waals surface area contributed by atoms with Gasteiger partial charge in [0.25, 0.3) is 0 Å². The van der Waals surface area contributed by atoms with Gasteiger partial charge in [-0.3, -0.25) is 0 Å². The highest BCUT2D eigenvalue weighted by atomic mass is 16.5. The van der Waals surface area contributed by atoms with Crippen molar-refractivity contribution in [1.29, 1.82) is 0 Å². The first-order chi connectivity index (χ1) is 9.04. The number of para-hydroxylation sites is 2. The summed E-state index contributed by atoms with van der Waals surface area (Å²) in [5, 5.41) is 0. The van der Waals surface area contributed by atoms with E-state index in [0.717, 1.165) is 28.4 Å². The number of rotatable bonds is 3. The zero-order valence-corrected chi connectivity index (χ0v) is 11.9. The van der Waals surface area contributed by atoms with Gasteiger partial charge in [-0.25, -0.2) is 0 Å². The number of hydrogen-bond acceptors (Lipinski definition) is 3. The van der Waals surface area contributed by atoms with Crippen LogP contribution in [0.15, 0.2) is 36.4 Å². The van der Waals surface area contributed by atoms with Crippen LogP contribution in [0.4, 0.5) is 17.1 Å². The summed E-state index contributed by atoms with van der Waals surface area (Å²) in [5.74, 6) is 0.886. The van der Waals surface area contributed by atoms with E-state index in [2.05, 4.69) is 30.9 Å². The Morgan fingerprint density at radius 2 is 1.74 bits per heavy atom. The number of benzene rings is 2. The molecule has 0 amide bonds. The second kappa shape index (κ2) is 5.22. The molecule has 0 saturated heterocycles. The van der Waals surface area contributed by atoms with Crippen LogP contribution in [-0.2, 0) is 0 Å². The standard InChI is InChI=1S/C16H20N2O/c1-11-9-12(2)16(19-4)15(10-11)18(3)14-8-6-5-7-13(14)17/h5-10H,17H2,1-4H3. The van der Waals surface area contributed by atoms with Crippen LogP contribution in [-0.4, -0.2) is 14.2 Å². The molecule has 0 radical (unpaired) electrons. The summed E-state index contributed by atoms with van der Waals surface area (Å²) in [7, 11) is 3.70. The number of nitrogens with zero attached hydrogens (tertiary/aromatic N) is 1. The molecule has 0 aliphatic heterocycles. The molecule has 0 heterocycles. The molecule has 2 aromatic carbocycles. The third-order valence-electron chi connectivity index (χ3n) is 3.26. The van der Waals surface area contributed by atoms with E-state index in [4.69, 9.17) is 10.5 Å². The summed E-state index contributed by atoms with van der Waals surface area (Å²) in [6, 6.07) is 12.1. The van der Waals surface area contributed by atoms with Gasteiger partial charge in [0.15, 0.2) is 0 Å². The van der Waals surface area contributed by atoms with Gasteiger partial charge in [0.1, 0.15) is 5.75 Å². The Bertz CT molecular complexity index is 593. The Kier molecular flexibility index (Phi) is 3.65. The van der Waals surface area contributed by atoms with Crippen molar-refractivity contribution in [2.45, 2.75) is 13.8 Å². The molecule has 0 atom stereocenters. The van der Waals surface area contributed by atoms with Crippen molar-refractivity contribution < 1.29 is 4.74 Å². The number of anilines is 3. The summed E-state index contributed by atoms with van der Waals surface area (Å²) >= 11 is 0. The van der Waals surface area contributed by atoms with E-state index in [1.165, 1.54) is 5.56 Å². The first-order valence-corrected chi connectivity index (χ1v) is 6.28. The number of nitrogens with two attached hydrogens (primary N) is 1. The van der Waals surface area contributed by atoms with Gasteiger partial charge in [-0.2, -0.15) is 0 Å². The van der Waals surface area contributed by atoms with Gasteiger partial charge in [-0.05, 0) is 43.2 Å². The van der Waals surface area contributed by atoms with Crippen LogP contribution < -0.4 is 15.4 Å². The normalized spacial score (nSPS) is 10.3. The Morgan fingerprint density at radius 3 is 2.37 bits per heavy atom. The van der Waals surface area contributed by atoms with E-state index in [1.807, 2.05) is 31.3 Å². The Hall–Kier alpha value is -2.16. The van der Waals surface area contributed by atoms with Crippen molar-refractivity contribution in [3.63, 3.8) is 0 Å². The van der Waals surface area contributed by atoms with E-state index in [0.29, 0.717) is 0 Å². The molecule has 0 aliphatic rings. The summed E-state index contributed by atoms with van der Waals surface area (Å²) in [6.07, 6.45) is 0. The van der Waals surface area contributed by atoms with Crippen LogP contribution in [0.3, 0.4) is 0 Å².